The summed E-state index contributed by atoms with van der Waals surface area (Å²) in [5.74, 6) is -1.86. The fraction of sp³-hybridized carbons (Fsp3) is 0.156. The van der Waals surface area contributed by atoms with Crippen molar-refractivity contribution in [3.05, 3.63) is 131 Å². The molecule has 0 aromatic heterocycles. The second-order valence-corrected chi connectivity index (χ2v) is 10.2. The van der Waals surface area contributed by atoms with Crippen LogP contribution in [-0.4, -0.2) is 23.6 Å². The van der Waals surface area contributed by atoms with Crippen LogP contribution in [0.2, 0.25) is 0 Å². The summed E-state index contributed by atoms with van der Waals surface area (Å²) in [5.41, 5.74) is 1.47. The highest BCUT2D eigenvalue weighted by Crippen LogP contribution is 2.60. The molecule has 0 radical (unpaired) electrons. The molecule has 0 unspecified atom stereocenters. The minimum atomic E-state index is -1.43. The first-order chi connectivity index (χ1) is 18.6. The van der Waals surface area contributed by atoms with Crippen molar-refractivity contribution in [2.75, 3.05) is 10.6 Å². The molecule has 4 aromatic carbocycles. The van der Waals surface area contributed by atoms with Crippen LogP contribution in [0.15, 0.2) is 109 Å². The predicted molar refractivity (Wildman–Crippen MR) is 145 cm³/mol. The van der Waals surface area contributed by atoms with Gasteiger partial charge in [-0.3, -0.25) is 19.7 Å². The normalized spacial score (nSPS) is 26.7. The molecule has 2 amide bonds. The topological polar surface area (TPSA) is 87.3 Å². The van der Waals surface area contributed by atoms with Crippen LogP contribution in [-0.2, 0) is 27.0 Å². The van der Waals surface area contributed by atoms with Crippen LogP contribution < -0.4 is 16.0 Å². The molecule has 4 atom stereocenters. The van der Waals surface area contributed by atoms with E-state index < -0.39 is 22.9 Å². The molecule has 0 bridgehead atoms. The lowest BCUT2D eigenvalue weighted by Gasteiger charge is -2.36. The Balaban J connectivity index is 1.54. The summed E-state index contributed by atoms with van der Waals surface area (Å²) in [7, 11) is 0. The fourth-order valence-electron chi connectivity index (χ4n) is 6.89. The molecule has 0 aliphatic carbocycles. The Bertz CT molecular complexity index is 1600. The van der Waals surface area contributed by atoms with E-state index in [-0.39, 0.29) is 17.6 Å². The number of amides is 2. The van der Waals surface area contributed by atoms with Gasteiger partial charge < -0.3 is 10.6 Å². The number of carbonyl (C=O) groups is 3. The summed E-state index contributed by atoms with van der Waals surface area (Å²) in [6.45, 7) is 0. The monoisotopic (exact) mass is 499 g/mol. The molecule has 3 aliphatic heterocycles. The van der Waals surface area contributed by atoms with Gasteiger partial charge in [0.2, 0.25) is 11.8 Å². The van der Waals surface area contributed by atoms with E-state index in [1.807, 2.05) is 97.1 Å². The zero-order valence-corrected chi connectivity index (χ0v) is 20.5. The van der Waals surface area contributed by atoms with Crippen LogP contribution in [0, 0.1) is 5.92 Å². The van der Waals surface area contributed by atoms with Crippen LogP contribution in [0.25, 0.3) is 0 Å². The molecular formula is C32H25N3O3. The fourth-order valence-corrected chi connectivity index (χ4v) is 6.89. The molecule has 2 spiro atoms. The molecule has 3 heterocycles. The van der Waals surface area contributed by atoms with Gasteiger partial charge in [-0.1, -0.05) is 97.1 Å². The largest absolute Gasteiger partial charge is 0.325 e. The van der Waals surface area contributed by atoms with E-state index in [0.29, 0.717) is 28.9 Å². The van der Waals surface area contributed by atoms with E-state index in [9.17, 15) is 14.4 Å². The van der Waals surface area contributed by atoms with E-state index in [0.717, 1.165) is 11.1 Å². The van der Waals surface area contributed by atoms with Crippen molar-refractivity contribution >= 4 is 29.0 Å². The quantitative estimate of drug-likeness (QED) is 0.363. The van der Waals surface area contributed by atoms with Crippen LogP contribution >= 0.6 is 0 Å². The highest BCUT2D eigenvalue weighted by molar-refractivity contribution is 6.18. The van der Waals surface area contributed by atoms with Gasteiger partial charge in [0.1, 0.15) is 11.0 Å². The second kappa shape index (κ2) is 8.23. The third kappa shape index (κ3) is 2.89. The Kier molecular flexibility index (Phi) is 4.90. The Hall–Kier alpha value is -4.55. The third-order valence-electron chi connectivity index (χ3n) is 8.40. The third-order valence-corrected chi connectivity index (χ3v) is 8.40. The molecule has 1 fully saturated rings. The maximum Gasteiger partial charge on any atom is 0.250 e. The number of carbonyl (C=O) groups excluding carboxylic acids is 3. The molecule has 186 valence electrons. The van der Waals surface area contributed by atoms with Gasteiger partial charge >= 0.3 is 0 Å². The molecule has 1 saturated heterocycles. The number of hydrogen-bond acceptors (Lipinski definition) is 4. The zero-order chi connectivity index (χ0) is 25.9. The lowest BCUT2D eigenvalue weighted by atomic mass is 9.60. The molecule has 6 heteroatoms. The SMILES string of the molecule is O=C(c1ccccc1)[C@H]1[C@@]2(C(=O)Nc3ccccc32)[C@@H](Cc2ccccc2)N[C@@]12C(=O)Nc1ccccc12. The number of hydrogen-bond donors (Lipinski definition) is 3. The average Bonchev–Trinajstić information content (AvgIpc) is 3.53. The van der Waals surface area contributed by atoms with Gasteiger partial charge in [-0.05, 0) is 29.7 Å². The first kappa shape index (κ1) is 22.6. The molecule has 3 aliphatic rings. The molecule has 0 saturated carbocycles. The van der Waals surface area contributed by atoms with Gasteiger partial charge in [-0.15, -0.1) is 0 Å². The highest BCUT2D eigenvalue weighted by atomic mass is 16.2. The number of ketones is 1. The van der Waals surface area contributed by atoms with Crippen molar-refractivity contribution in [3.8, 4) is 0 Å². The number of rotatable bonds is 4. The second-order valence-electron chi connectivity index (χ2n) is 10.2. The van der Waals surface area contributed by atoms with Gasteiger partial charge in [-0.25, -0.2) is 0 Å². The van der Waals surface area contributed by atoms with Crippen molar-refractivity contribution in [3.63, 3.8) is 0 Å². The van der Waals surface area contributed by atoms with Crippen LogP contribution in [0.4, 0.5) is 11.4 Å². The zero-order valence-electron chi connectivity index (χ0n) is 20.5. The smallest absolute Gasteiger partial charge is 0.250 e. The lowest BCUT2D eigenvalue weighted by molar-refractivity contribution is -0.124. The molecule has 4 aromatic rings. The molecule has 3 N–H and O–H groups in total. The van der Waals surface area contributed by atoms with Crippen molar-refractivity contribution in [1.82, 2.24) is 5.32 Å². The van der Waals surface area contributed by atoms with Gasteiger partial charge in [0.15, 0.2) is 5.78 Å². The van der Waals surface area contributed by atoms with Gasteiger partial charge in [-0.2, -0.15) is 0 Å². The van der Waals surface area contributed by atoms with Crippen molar-refractivity contribution in [2.24, 2.45) is 5.92 Å². The molecular weight excluding hydrogens is 474 g/mol. The Morgan fingerprint density at radius 3 is 1.92 bits per heavy atom. The van der Waals surface area contributed by atoms with Crippen LogP contribution in [0.5, 0.6) is 0 Å². The number of benzene rings is 4. The number of Topliss-reactive ketones (excluding diaryl/α,β-unsaturated/α-hetero) is 1. The first-order valence-electron chi connectivity index (χ1n) is 12.8. The summed E-state index contributed by atoms with van der Waals surface area (Å²) in [6, 6.07) is 33.3. The van der Waals surface area contributed by atoms with E-state index in [1.165, 1.54) is 0 Å². The lowest BCUT2D eigenvalue weighted by Crippen LogP contribution is -2.54. The van der Waals surface area contributed by atoms with E-state index in [1.54, 1.807) is 12.1 Å². The van der Waals surface area contributed by atoms with E-state index >= 15 is 0 Å². The van der Waals surface area contributed by atoms with Gasteiger partial charge in [0, 0.05) is 28.5 Å². The molecule has 7 rings (SSSR count). The van der Waals surface area contributed by atoms with Gasteiger partial charge in [0.05, 0.1) is 5.92 Å². The summed E-state index contributed by atoms with van der Waals surface area (Å²) in [5, 5.41) is 9.71. The summed E-state index contributed by atoms with van der Waals surface area (Å²) in [4.78, 5) is 43.1. The predicted octanol–water partition coefficient (Wildman–Crippen LogP) is 4.44. The van der Waals surface area contributed by atoms with E-state index in [2.05, 4.69) is 16.0 Å². The summed E-state index contributed by atoms with van der Waals surface area (Å²) in [6.07, 6.45) is 0.457. The van der Waals surface area contributed by atoms with E-state index in [4.69, 9.17) is 0 Å². The minimum Gasteiger partial charge on any atom is -0.325 e. The minimum absolute atomic E-state index is 0.243. The van der Waals surface area contributed by atoms with Crippen molar-refractivity contribution in [2.45, 2.75) is 23.4 Å². The maximum atomic E-state index is 14.7. The standard InChI is InChI=1S/C32H25N3O3/c36-27(21-13-5-2-6-14-21)28-31(22-15-7-9-17-24(22)33-29(31)37)26(19-20-11-3-1-4-12-20)35-32(28)23-16-8-10-18-25(23)34-30(32)38/h1-18,26,28,35H,19H2,(H,33,37)(H,34,38)/t26-,28+,31+,32-/m1/s1. The number of para-hydroxylation sites is 2. The number of fused-ring (bicyclic) bond motifs is 4. The molecule has 6 nitrogen and oxygen atoms in total. The summed E-state index contributed by atoms with van der Waals surface area (Å²) >= 11 is 0. The molecule has 38 heavy (non-hydrogen) atoms. The van der Waals surface area contributed by atoms with Crippen LogP contribution in [0.3, 0.4) is 0 Å². The van der Waals surface area contributed by atoms with Crippen molar-refractivity contribution < 1.29 is 14.4 Å². The summed E-state index contributed by atoms with van der Waals surface area (Å²) < 4.78 is 0. The van der Waals surface area contributed by atoms with Crippen molar-refractivity contribution in [1.29, 1.82) is 0 Å². The average molecular weight is 500 g/mol. The Morgan fingerprint density at radius 1 is 0.658 bits per heavy atom. The number of anilines is 2. The highest BCUT2D eigenvalue weighted by Gasteiger charge is 2.74. The van der Waals surface area contributed by atoms with Gasteiger partial charge in [0.25, 0.3) is 0 Å². The Morgan fingerprint density at radius 2 is 1.21 bits per heavy atom. The number of nitrogens with one attached hydrogen (secondary N) is 3. The maximum absolute atomic E-state index is 14.7. The first-order valence-corrected chi connectivity index (χ1v) is 12.8. The Labute approximate surface area is 220 Å². The van der Waals surface area contributed by atoms with Crippen LogP contribution in [0.1, 0.15) is 27.0 Å².